The van der Waals surface area contributed by atoms with Crippen molar-refractivity contribution in [3.8, 4) is 0 Å². The number of rotatable bonds is 1. The van der Waals surface area contributed by atoms with Crippen LogP contribution in [0.25, 0.3) is 10.9 Å². The second-order valence-electron chi connectivity index (χ2n) is 2.84. The third-order valence-electron chi connectivity index (χ3n) is 1.96. The number of hydrogen-bond donors (Lipinski definition) is 1. The quantitative estimate of drug-likeness (QED) is 0.547. The summed E-state index contributed by atoms with van der Waals surface area (Å²) in [7, 11) is 0. The van der Waals surface area contributed by atoms with Gasteiger partial charge in [-0.25, -0.2) is 0 Å². The van der Waals surface area contributed by atoms with E-state index in [-0.39, 0.29) is 11.4 Å². The SMILES string of the molecule is Nc1cnc2ccccc2c1[N+](=O)[O-]. The van der Waals surface area contributed by atoms with Crippen molar-refractivity contribution in [3.63, 3.8) is 0 Å². The van der Waals surface area contributed by atoms with Crippen LogP contribution in [0.3, 0.4) is 0 Å². The van der Waals surface area contributed by atoms with Crippen molar-refractivity contribution in [2.24, 2.45) is 0 Å². The zero-order valence-electron chi connectivity index (χ0n) is 7.18. The highest BCUT2D eigenvalue weighted by molar-refractivity contribution is 5.92. The summed E-state index contributed by atoms with van der Waals surface area (Å²) in [6.45, 7) is 0. The lowest BCUT2D eigenvalue weighted by atomic mass is 10.2. The van der Waals surface area contributed by atoms with E-state index < -0.39 is 4.92 Å². The Morgan fingerprint density at radius 3 is 2.79 bits per heavy atom. The molecule has 0 unspecified atom stereocenters. The fourth-order valence-electron chi connectivity index (χ4n) is 1.35. The van der Waals surface area contributed by atoms with Gasteiger partial charge in [0.1, 0.15) is 5.69 Å². The molecule has 70 valence electrons. The van der Waals surface area contributed by atoms with Crippen molar-refractivity contribution in [1.82, 2.24) is 4.98 Å². The monoisotopic (exact) mass is 189 g/mol. The van der Waals surface area contributed by atoms with Crippen LogP contribution >= 0.6 is 0 Å². The molecule has 5 nitrogen and oxygen atoms in total. The number of pyridine rings is 1. The Hall–Kier alpha value is -2.17. The van der Waals surface area contributed by atoms with Gasteiger partial charge in [0, 0.05) is 0 Å². The van der Waals surface area contributed by atoms with Crippen LogP contribution in [0.2, 0.25) is 0 Å². The van der Waals surface area contributed by atoms with E-state index in [2.05, 4.69) is 4.98 Å². The van der Waals surface area contributed by atoms with Crippen LogP contribution in [-0.2, 0) is 0 Å². The molecular weight excluding hydrogens is 182 g/mol. The number of fused-ring (bicyclic) bond motifs is 1. The summed E-state index contributed by atoms with van der Waals surface area (Å²) in [4.78, 5) is 14.2. The van der Waals surface area contributed by atoms with Crippen LogP contribution in [0.4, 0.5) is 11.4 Å². The Morgan fingerprint density at radius 1 is 1.36 bits per heavy atom. The molecule has 1 heterocycles. The predicted molar refractivity (Wildman–Crippen MR) is 52.8 cm³/mol. The molecule has 2 N–H and O–H groups in total. The molecule has 0 bridgehead atoms. The summed E-state index contributed by atoms with van der Waals surface area (Å²) < 4.78 is 0. The lowest BCUT2D eigenvalue weighted by Crippen LogP contribution is -1.97. The molecule has 0 atom stereocenters. The molecule has 14 heavy (non-hydrogen) atoms. The van der Waals surface area contributed by atoms with Crippen LogP contribution in [0.15, 0.2) is 30.5 Å². The summed E-state index contributed by atoms with van der Waals surface area (Å²) >= 11 is 0. The summed E-state index contributed by atoms with van der Waals surface area (Å²) in [5, 5.41) is 11.2. The van der Waals surface area contributed by atoms with Gasteiger partial charge in [0.05, 0.1) is 22.0 Å². The maximum atomic E-state index is 10.7. The van der Waals surface area contributed by atoms with Gasteiger partial charge in [-0.15, -0.1) is 0 Å². The third-order valence-corrected chi connectivity index (χ3v) is 1.96. The number of nitrogen functional groups attached to an aromatic ring is 1. The Balaban J connectivity index is 2.90. The maximum absolute atomic E-state index is 10.7. The number of benzene rings is 1. The number of aromatic nitrogens is 1. The van der Waals surface area contributed by atoms with Gasteiger partial charge in [-0.05, 0) is 12.1 Å². The molecule has 2 aromatic rings. The van der Waals surface area contributed by atoms with E-state index in [1.54, 1.807) is 24.3 Å². The molecule has 0 aliphatic carbocycles. The van der Waals surface area contributed by atoms with E-state index in [1.165, 1.54) is 6.20 Å². The van der Waals surface area contributed by atoms with Gasteiger partial charge < -0.3 is 5.73 Å². The Morgan fingerprint density at radius 2 is 2.07 bits per heavy atom. The van der Waals surface area contributed by atoms with Crippen LogP contribution in [0, 0.1) is 10.1 Å². The lowest BCUT2D eigenvalue weighted by Gasteiger charge is -2.00. The smallest absolute Gasteiger partial charge is 0.303 e. The molecular formula is C9H7N3O2. The molecule has 0 amide bonds. The first kappa shape index (κ1) is 8.43. The van der Waals surface area contributed by atoms with Gasteiger partial charge in [0.25, 0.3) is 0 Å². The minimum Gasteiger partial charge on any atom is -0.392 e. The van der Waals surface area contributed by atoms with Gasteiger partial charge >= 0.3 is 5.69 Å². The number of nitrogens with zero attached hydrogens (tertiary/aromatic N) is 2. The summed E-state index contributed by atoms with van der Waals surface area (Å²) in [6.07, 6.45) is 1.31. The van der Waals surface area contributed by atoms with E-state index in [0.29, 0.717) is 10.9 Å². The highest BCUT2D eigenvalue weighted by Gasteiger charge is 2.16. The van der Waals surface area contributed by atoms with E-state index in [0.717, 1.165) is 0 Å². The molecule has 2 rings (SSSR count). The summed E-state index contributed by atoms with van der Waals surface area (Å²) in [5.41, 5.74) is 6.08. The van der Waals surface area contributed by atoms with Crippen molar-refractivity contribution in [3.05, 3.63) is 40.6 Å². The molecule has 1 aromatic heterocycles. The zero-order chi connectivity index (χ0) is 10.1. The normalized spacial score (nSPS) is 10.3. The number of nitro groups is 1. The van der Waals surface area contributed by atoms with Crippen molar-refractivity contribution < 1.29 is 4.92 Å². The average Bonchev–Trinajstić information content (AvgIpc) is 2.17. The molecule has 0 saturated heterocycles. The molecule has 0 saturated carbocycles. The van der Waals surface area contributed by atoms with Crippen LogP contribution in [0.5, 0.6) is 0 Å². The van der Waals surface area contributed by atoms with Crippen LogP contribution < -0.4 is 5.73 Å². The van der Waals surface area contributed by atoms with Gasteiger partial charge in [0.2, 0.25) is 0 Å². The first-order valence-electron chi connectivity index (χ1n) is 3.98. The van der Waals surface area contributed by atoms with Crippen molar-refractivity contribution in [2.75, 3.05) is 5.73 Å². The Kier molecular flexibility index (Phi) is 1.78. The third kappa shape index (κ3) is 1.15. The van der Waals surface area contributed by atoms with E-state index in [4.69, 9.17) is 5.73 Å². The minimum atomic E-state index is -0.487. The molecule has 0 aliphatic heterocycles. The topological polar surface area (TPSA) is 82.0 Å². The fraction of sp³-hybridized carbons (Fsp3) is 0. The van der Waals surface area contributed by atoms with E-state index in [9.17, 15) is 10.1 Å². The maximum Gasteiger partial charge on any atom is 0.303 e. The lowest BCUT2D eigenvalue weighted by molar-refractivity contribution is -0.382. The molecule has 0 spiro atoms. The van der Waals surface area contributed by atoms with E-state index >= 15 is 0 Å². The largest absolute Gasteiger partial charge is 0.392 e. The molecule has 5 heteroatoms. The van der Waals surface area contributed by atoms with Crippen molar-refractivity contribution >= 4 is 22.3 Å². The van der Waals surface area contributed by atoms with Gasteiger partial charge in [-0.2, -0.15) is 0 Å². The number of para-hydroxylation sites is 1. The first-order chi connectivity index (χ1) is 6.70. The van der Waals surface area contributed by atoms with Crippen LogP contribution in [-0.4, -0.2) is 9.91 Å². The number of nitrogens with two attached hydrogens (primary N) is 1. The van der Waals surface area contributed by atoms with Crippen molar-refractivity contribution in [1.29, 1.82) is 0 Å². The van der Waals surface area contributed by atoms with Gasteiger partial charge in [-0.3, -0.25) is 15.1 Å². The minimum absolute atomic E-state index is 0.0735. The second-order valence-corrected chi connectivity index (χ2v) is 2.84. The summed E-state index contributed by atoms with van der Waals surface area (Å²) in [5.74, 6) is 0. The molecule has 0 aliphatic rings. The molecule has 0 radical (unpaired) electrons. The highest BCUT2D eigenvalue weighted by Crippen LogP contribution is 2.29. The molecule has 0 fully saturated rings. The van der Waals surface area contributed by atoms with Crippen LogP contribution in [0.1, 0.15) is 0 Å². The standard InChI is InChI=1S/C9H7N3O2/c10-7-5-11-8-4-2-1-3-6(8)9(7)12(13)14/h1-5H,10H2. The Labute approximate surface area is 79.3 Å². The van der Waals surface area contributed by atoms with E-state index in [1.807, 2.05) is 0 Å². The predicted octanol–water partition coefficient (Wildman–Crippen LogP) is 1.73. The fourth-order valence-corrected chi connectivity index (χ4v) is 1.35. The van der Waals surface area contributed by atoms with Gasteiger partial charge in [0.15, 0.2) is 0 Å². The second kappa shape index (κ2) is 2.95. The average molecular weight is 189 g/mol. The molecule has 1 aromatic carbocycles. The number of anilines is 1. The van der Waals surface area contributed by atoms with Crippen molar-refractivity contribution in [2.45, 2.75) is 0 Å². The highest BCUT2D eigenvalue weighted by atomic mass is 16.6. The summed E-state index contributed by atoms with van der Waals surface area (Å²) in [6, 6.07) is 6.84. The number of hydrogen-bond acceptors (Lipinski definition) is 4. The first-order valence-corrected chi connectivity index (χ1v) is 3.98. The zero-order valence-corrected chi connectivity index (χ0v) is 7.18. The Bertz CT molecular complexity index is 510. The van der Waals surface area contributed by atoms with Gasteiger partial charge in [-0.1, -0.05) is 12.1 Å².